The van der Waals surface area contributed by atoms with Gasteiger partial charge in [-0.2, -0.15) is 0 Å². The summed E-state index contributed by atoms with van der Waals surface area (Å²) < 4.78 is 0. The van der Waals surface area contributed by atoms with Gasteiger partial charge in [0.05, 0.1) is 24.5 Å². The molecule has 6 rings (SSSR count). The molecule has 204 valence electrons. The number of fused-ring (bicyclic) bond motifs is 1. The maximum absolute atomic E-state index is 10.5. The van der Waals surface area contributed by atoms with E-state index in [0.29, 0.717) is 13.1 Å². The quantitative estimate of drug-likeness (QED) is 0.192. The third-order valence-corrected chi connectivity index (χ3v) is 7.16. The Morgan fingerprint density at radius 1 is 0.927 bits per heavy atom. The van der Waals surface area contributed by atoms with E-state index >= 15 is 0 Å². The van der Waals surface area contributed by atoms with Gasteiger partial charge in [-0.05, 0) is 41.0 Å². The summed E-state index contributed by atoms with van der Waals surface area (Å²) in [7, 11) is 1.90. The maximum atomic E-state index is 10.5. The number of phenols is 1. The van der Waals surface area contributed by atoms with E-state index in [9.17, 15) is 5.11 Å². The minimum atomic E-state index is 0.212. The SMILES string of the molecule is C=C(Nc1cccc(CN=C2C=C(c3ccccc3O)NC3=C(NC)CNN23)c1)c1ccccc1-c1ccccc1. The van der Waals surface area contributed by atoms with Crippen LogP contribution in [0.5, 0.6) is 5.75 Å². The molecule has 7 heteroatoms. The van der Waals surface area contributed by atoms with Crippen molar-refractivity contribution in [3.8, 4) is 16.9 Å². The molecule has 0 unspecified atom stereocenters. The van der Waals surface area contributed by atoms with Crippen molar-refractivity contribution < 1.29 is 5.11 Å². The van der Waals surface area contributed by atoms with Crippen molar-refractivity contribution in [1.29, 1.82) is 0 Å². The van der Waals surface area contributed by atoms with Gasteiger partial charge in [0.15, 0.2) is 0 Å². The van der Waals surface area contributed by atoms with Crippen molar-refractivity contribution in [2.75, 3.05) is 18.9 Å². The zero-order valence-corrected chi connectivity index (χ0v) is 22.9. The molecular weight excluding hydrogens is 508 g/mol. The molecular formula is C34H32N6O. The van der Waals surface area contributed by atoms with Crippen molar-refractivity contribution in [2.45, 2.75) is 6.54 Å². The number of hydrogen-bond acceptors (Lipinski definition) is 6. The van der Waals surface area contributed by atoms with Crippen molar-refractivity contribution in [2.24, 2.45) is 4.99 Å². The molecule has 2 aliphatic rings. The lowest BCUT2D eigenvalue weighted by Crippen LogP contribution is -2.44. The van der Waals surface area contributed by atoms with Gasteiger partial charge >= 0.3 is 0 Å². The van der Waals surface area contributed by atoms with E-state index in [-0.39, 0.29) is 5.75 Å². The molecule has 0 radical (unpaired) electrons. The lowest BCUT2D eigenvalue weighted by atomic mass is 9.98. The number of nitrogens with one attached hydrogen (secondary N) is 4. The number of hydrazine groups is 1. The summed E-state index contributed by atoms with van der Waals surface area (Å²) in [4.78, 5) is 4.97. The number of nitrogens with zero attached hydrogens (tertiary/aromatic N) is 2. The molecule has 0 amide bonds. The molecule has 0 atom stereocenters. The first-order chi connectivity index (χ1) is 20.1. The van der Waals surface area contributed by atoms with Gasteiger partial charge in [0.1, 0.15) is 17.4 Å². The monoisotopic (exact) mass is 540 g/mol. The average Bonchev–Trinajstić information content (AvgIpc) is 3.44. The normalized spacial score (nSPS) is 15.3. The van der Waals surface area contributed by atoms with Crippen molar-refractivity contribution in [3.63, 3.8) is 0 Å². The first kappa shape index (κ1) is 26.0. The number of rotatable bonds is 8. The van der Waals surface area contributed by atoms with Crippen LogP contribution in [0, 0.1) is 0 Å². The highest BCUT2D eigenvalue weighted by Crippen LogP contribution is 2.30. The number of hydrogen-bond donors (Lipinski definition) is 5. The first-order valence-electron chi connectivity index (χ1n) is 13.6. The molecule has 0 spiro atoms. The smallest absolute Gasteiger partial charge is 0.147 e. The number of phenolic OH excluding ortho intramolecular Hbond substituents is 1. The number of aromatic hydroxyl groups is 1. The Morgan fingerprint density at radius 3 is 2.49 bits per heavy atom. The molecule has 2 aliphatic heterocycles. The predicted molar refractivity (Wildman–Crippen MR) is 167 cm³/mol. The van der Waals surface area contributed by atoms with Crippen LogP contribution in [0.4, 0.5) is 5.69 Å². The number of anilines is 1. The van der Waals surface area contributed by atoms with E-state index < -0.39 is 0 Å². The number of amidine groups is 1. The van der Waals surface area contributed by atoms with Gasteiger partial charge in [-0.25, -0.2) is 10.4 Å². The molecule has 0 saturated carbocycles. The molecule has 4 aromatic rings. The molecule has 0 aliphatic carbocycles. The van der Waals surface area contributed by atoms with Gasteiger partial charge < -0.3 is 21.1 Å². The second-order valence-corrected chi connectivity index (χ2v) is 9.84. The number of aliphatic imine (C=N–C) groups is 1. The van der Waals surface area contributed by atoms with Gasteiger partial charge in [-0.1, -0.05) is 85.4 Å². The second-order valence-electron chi connectivity index (χ2n) is 9.84. The average molecular weight is 541 g/mol. The molecule has 0 saturated heterocycles. The fourth-order valence-electron chi connectivity index (χ4n) is 5.09. The number of likely N-dealkylation sites (N-methyl/N-ethyl adjacent to an activating group) is 1. The zero-order chi connectivity index (χ0) is 28.2. The molecule has 5 N–H and O–H groups in total. The highest BCUT2D eigenvalue weighted by atomic mass is 16.3. The van der Waals surface area contributed by atoms with Crippen molar-refractivity contribution >= 4 is 22.9 Å². The van der Waals surface area contributed by atoms with Crippen molar-refractivity contribution in [1.82, 2.24) is 21.1 Å². The van der Waals surface area contributed by atoms with Crippen LogP contribution in [-0.4, -0.2) is 29.5 Å². The molecule has 0 fully saturated rings. The lowest BCUT2D eigenvalue weighted by molar-refractivity contribution is 0.411. The summed E-state index contributed by atoms with van der Waals surface area (Å²) in [5.41, 5.74) is 12.1. The Hall–Kier alpha value is -5.27. The van der Waals surface area contributed by atoms with Gasteiger partial charge in [-0.3, -0.25) is 4.99 Å². The topological polar surface area (TPSA) is 84.0 Å². The van der Waals surface area contributed by atoms with Crippen LogP contribution in [0.15, 0.2) is 132 Å². The van der Waals surface area contributed by atoms with Crippen LogP contribution < -0.4 is 21.4 Å². The maximum Gasteiger partial charge on any atom is 0.147 e. The predicted octanol–water partition coefficient (Wildman–Crippen LogP) is 5.89. The van der Waals surface area contributed by atoms with Gasteiger partial charge in [0.25, 0.3) is 0 Å². The minimum Gasteiger partial charge on any atom is -0.507 e. The van der Waals surface area contributed by atoms with Gasteiger partial charge in [0, 0.05) is 35.6 Å². The zero-order valence-electron chi connectivity index (χ0n) is 22.9. The van der Waals surface area contributed by atoms with E-state index in [1.54, 1.807) is 6.07 Å². The second kappa shape index (κ2) is 11.5. The molecule has 7 nitrogen and oxygen atoms in total. The van der Waals surface area contributed by atoms with Crippen LogP contribution in [0.3, 0.4) is 0 Å². The van der Waals surface area contributed by atoms with Gasteiger partial charge in [0.2, 0.25) is 0 Å². The Bertz CT molecular complexity index is 1690. The first-order valence-corrected chi connectivity index (χ1v) is 13.6. The molecule has 0 bridgehead atoms. The summed E-state index contributed by atoms with van der Waals surface area (Å²) in [5, 5.41) is 22.6. The Balaban J connectivity index is 1.25. The summed E-state index contributed by atoms with van der Waals surface area (Å²) in [6.07, 6.45) is 1.95. The van der Waals surface area contributed by atoms with E-state index in [0.717, 1.165) is 62.3 Å². The van der Waals surface area contributed by atoms with E-state index in [1.807, 2.05) is 78.8 Å². The molecule has 2 heterocycles. The molecule has 4 aromatic carbocycles. The van der Waals surface area contributed by atoms with Crippen molar-refractivity contribution in [3.05, 3.63) is 144 Å². The van der Waals surface area contributed by atoms with Crippen LogP contribution >= 0.6 is 0 Å². The van der Waals surface area contributed by atoms with Crippen LogP contribution in [0.1, 0.15) is 16.7 Å². The standard InChI is InChI=1S/C34H32N6O/c1-23(27-15-6-7-16-28(27)25-12-4-3-5-13-25)38-26-14-10-11-24(19-26)21-36-33-20-30(29-17-8-9-18-32(29)41)39-34-31(35-2)22-37-40(33)34/h3-20,35,37-39,41H,1,21-22H2,2H3. The summed E-state index contributed by atoms with van der Waals surface area (Å²) in [6, 6.07) is 34.2. The molecule has 0 aromatic heterocycles. The fourth-order valence-corrected chi connectivity index (χ4v) is 5.09. The minimum absolute atomic E-state index is 0.212. The third kappa shape index (κ3) is 5.44. The lowest BCUT2D eigenvalue weighted by Gasteiger charge is -2.29. The Morgan fingerprint density at radius 2 is 1.68 bits per heavy atom. The highest BCUT2D eigenvalue weighted by Gasteiger charge is 2.30. The third-order valence-electron chi connectivity index (χ3n) is 7.16. The fraction of sp³-hybridized carbons (Fsp3) is 0.0882. The van der Waals surface area contributed by atoms with Crippen LogP contribution in [-0.2, 0) is 6.54 Å². The summed E-state index contributed by atoms with van der Waals surface area (Å²) in [6.45, 7) is 5.47. The van der Waals surface area contributed by atoms with E-state index in [1.165, 1.54) is 0 Å². The largest absolute Gasteiger partial charge is 0.507 e. The Labute approximate surface area is 240 Å². The molecule has 41 heavy (non-hydrogen) atoms. The van der Waals surface area contributed by atoms with Crippen LogP contribution in [0.25, 0.3) is 22.5 Å². The van der Waals surface area contributed by atoms with Crippen LogP contribution in [0.2, 0.25) is 0 Å². The van der Waals surface area contributed by atoms with E-state index in [2.05, 4.69) is 64.4 Å². The summed E-state index contributed by atoms with van der Waals surface area (Å²) in [5.74, 6) is 1.84. The number of benzene rings is 4. The Kier molecular flexibility index (Phi) is 7.26. The van der Waals surface area contributed by atoms with Gasteiger partial charge in [-0.15, -0.1) is 0 Å². The highest BCUT2D eigenvalue weighted by molar-refractivity contribution is 6.02. The summed E-state index contributed by atoms with van der Waals surface area (Å²) >= 11 is 0. The number of para-hydroxylation sites is 1. The van der Waals surface area contributed by atoms with E-state index in [4.69, 9.17) is 4.99 Å².